The highest BCUT2D eigenvalue weighted by atomic mass is 35.5. The van der Waals surface area contributed by atoms with Gasteiger partial charge in [0.2, 0.25) is 10.0 Å². The van der Waals surface area contributed by atoms with Crippen LogP contribution in [0.5, 0.6) is 0 Å². The normalized spacial score (nSPS) is 18.9. The Balaban J connectivity index is 0.00000200. The van der Waals surface area contributed by atoms with Gasteiger partial charge in [-0.15, -0.1) is 12.4 Å². The summed E-state index contributed by atoms with van der Waals surface area (Å²) in [5, 5.41) is 6.80. The summed E-state index contributed by atoms with van der Waals surface area (Å²) in [5.41, 5.74) is 1.63. The SMILES string of the molecule is CCS(=O)(=O)Nc1ccc(NC2CCCNC2)cc1.Cl. The standard InChI is InChI=1S/C13H21N3O2S.ClH/c1-2-19(17,18)16-12-7-5-11(6-8-12)15-13-4-3-9-14-10-13;/h5-8,13-16H,2-4,9-10H2,1H3;1H. The van der Waals surface area contributed by atoms with Gasteiger partial charge in [0.15, 0.2) is 0 Å². The molecule has 0 bridgehead atoms. The number of nitrogens with one attached hydrogen (secondary N) is 3. The molecule has 1 heterocycles. The summed E-state index contributed by atoms with van der Waals surface area (Å²) < 4.78 is 25.4. The molecule has 1 fully saturated rings. The van der Waals surface area contributed by atoms with Crippen molar-refractivity contribution in [3.63, 3.8) is 0 Å². The number of anilines is 2. The summed E-state index contributed by atoms with van der Waals surface area (Å²) in [6, 6.07) is 7.83. The average Bonchev–Trinajstić information content (AvgIpc) is 2.42. The first-order valence-electron chi connectivity index (χ1n) is 6.67. The lowest BCUT2D eigenvalue weighted by molar-refractivity contribution is 0.480. The van der Waals surface area contributed by atoms with Crippen LogP contribution in [0.1, 0.15) is 19.8 Å². The van der Waals surface area contributed by atoms with E-state index in [9.17, 15) is 8.42 Å². The van der Waals surface area contributed by atoms with Gasteiger partial charge in [-0.25, -0.2) is 8.42 Å². The minimum Gasteiger partial charge on any atom is -0.381 e. The third kappa shape index (κ3) is 5.19. The molecule has 0 spiro atoms. The highest BCUT2D eigenvalue weighted by Gasteiger charge is 2.12. The van der Waals surface area contributed by atoms with Crippen molar-refractivity contribution in [2.24, 2.45) is 0 Å². The van der Waals surface area contributed by atoms with E-state index in [0.29, 0.717) is 11.7 Å². The van der Waals surface area contributed by atoms with E-state index < -0.39 is 10.0 Å². The van der Waals surface area contributed by atoms with E-state index in [4.69, 9.17) is 0 Å². The summed E-state index contributed by atoms with van der Waals surface area (Å²) in [6.45, 7) is 3.69. The maximum atomic E-state index is 11.4. The van der Waals surface area contributed by atoms with Crippen LogP contribution in [0.3, 0.4) is 0 Å². The molecule has 7 heteroatoms. The predicted octanol–water partition coefficient (Wildman–Crippen LogP) is 2.03. The van der Waals surface area contributed by atoms with Crippen molar-refractivity contribution < 1.29 is 8.42 Å². The third-order valence-corrected chi connectivity index (χ3v) is 4.51. The van der Waals surface area contributed by atoms with E-state index in [2.05, 4.69) is 15.4 Å². The van der Waals surface area contributed by atoms with Gasteiger partial charge in [0.1, 0.15) is 0 Å². The Hall–Kier alpha value is -0.980. The van der Waals surface area contributed by atoms with E-state index in [-0.39, 0.29) is 18.2 Å². The van der Waals surface area contributed by atoms with E-state index in [1.54, 1.807) is 19.1 Å². The van der Waals surface area contributed by atoms with Gasteiger partial charge in [-0.3, -0.25) is 4.72 Å². The first-order valence-corrected chi connectivity index (χ1v) is 8.32. The Kier molecular flexibility index (Phi) is 6.58. The second kappa shape index (κ2) is 7.71. The molecule has 0 aromatic heterocycles. The fourth-order valence-electron chi connectivity index (χ4n) is 2.10. The van der Waals surface area contributed by atoms with Crippen LogP contribution >= 0.6 is 12.4 Å². The van der Waals surface area contributed by atoms with Gasteiger partial charge >= 0.3 is 0 Å². The fourth-order valence-corrected chi connectivity index (χ4v) is 2.74. The summed E-state index contributed by atoms with van der Waals surface area (Å²) in [4.78, 5) is 0. The number of hydrogen-bond donors (Lipinski definition) is 3. The molecule has 1 aliphatic heterocycles. The molecule has 2 rings (SSSR count). The lowest BCUT2D eigenvalue weighted by Gasteiger charge is -2.24. The summed E-state index contributed by atoms with van der Waals surface area (Å²) in [5.74, 6) is 0.0841. The molecule has 0 saturated carbocycles. The third-order valence-electron chi connectivity index (χ3n) is 3.21. The lowest BCUT2D eigenvalue weighted by Crippen LogP contribution is -2.38. The van der Waals surface area contributed by atoms with Crippen molar-refractivity contribution in [1.29, 1.82) is 0 Å². The summed E-state index contributed by atoms with van der Waals surface area (Å²) >= 11 is 0. The van der Waals surface area contributed by atoms with Crippen molar-refractivity contribution in [2.75, 3.05) is 28.9 Å². The molecule has 1 saturated heterocycles. The van der Waals surface area contributed by atoms with E-state index in [1.165, 1.54) is 6.42 Å². The molecular weight excluding hydrogens is 298 g/mol. The van der Waals surface area contributed by atoms with Crippen LogP contribution in [0.4, 0.5) is 11.4 Å². The Morgan fingerprint density at radius 3 is 2.45 bits per heavy atom. The molecule has 0 amide bonds. The van der Waals surface area contributed by atoms with E-state index >= 15 is 0 Å². The van der Waals surface area contributed by atoms with Crippen LogP contribution in [-0.4, -0.2) is 33.3 Å². The van der Waals surface area contributed by atoms with Gasteiger partial charge in [-0.2, -0.15) is 0 Å². The first-order chi connectivity index (χ1) is 9.09. The van der Waals surface area contributed by atoms with Gasteiger partial charge < -0.3 is 10.6 Å². The average molecular weight is 320 g/mol. The van der Waals surface area contributed by atoms with Crippen LogP contribution in [0.2, 0.25) is 0 Å². The zero-order valence-electron chi connectivity index (χ0n) is 11.6. The number of piperidine rings is 1. The molecule has 5 nitrogen and oxygen atoms in total. The highest BCUT2D eigenvalue weighted by molar-refractivity contribution is 7.92. The lowest BCUT2D eigenvalue weighted by atomic mass is 10.1. The summed E-state index contributed by atoms with van der Waals surface area (Å²) in [6.07, 6.45) is 2.35. The van der Waals surface area contributed by atoms with E-state index in [0.717, 1.165) is 25.2 Å². The monoisotopic (exact) mass is 319 g/mol. The van der Waals surface area contributed by atoms with Crippen molar-refractivity contribution in [3.8, 4) is 0 Å². The van der Waals surface area contributed by atoms with Crippen molar-refractivity contribution in [1.82, 2.24) is 5.32 Å². The number of halogens is 1. The van der Waals surface area contributed by atoms with Crippen molar-refractivity contribution in [2.45, 2.75) is 25.8 Å². The van der Waals surface area contributed by atoms with Gasteiger partial charge in [-0.1, -0.05) is 0 Å². The van der Waals surface area contributed by atoms with Gasteiger partial charge in [0, 0.05) is 24.0 Å². The zero-order chi connectivity index (χ0) is 13.7. The minimum atomic E-state index is -3.19. The second-order valence-electron chi connectivity index (χ2n) is 4.77. The Labute approximate surface area is 127 Å². The maximum absolute atomic E-state index is 11.4. The van der Waals surface area contributed by atoms with Crippen LogP contribution in [-0.2, 0) is 10.0 Å². The highest BCUT2D eigenvalue weighted by Crippen LogP contribution is 2.17. The van der Waals surface area contributed by atoms with E-state index in [1.807, 2.05) is 12.1 Å². The molecular formula is C13H22ClN3O2S. The smallest absolute Gasteiger partial charge is 0.232 e. The molecule has 0 aliphatic carbocycles. The number of sulfonamides is 1. The Morgan fingerprint density at radius 2 is 1.90 bits per heavy atom. The molecule has 1 unspecified atom stereocenters. The number of benzene rings is 1. The van der Waals surface area contributed by atoms with Gasteiger partial charge in [0.25, 0.3) is 0 Å². The summed E-state index contributed by atoms with van der Waals surface area (Å²) in [7, 11) is -3.19. The molecule has 20 heavy (non-hydrogen) atoms. The molecule has 1 atom stereocenters. The fraction of sp³-hybridized carbons (Fsp3) is 0.538. The molecule has 114 valence electrons. The first kappa shape index (κ1) is 17.1. The van der Waals surface area contributed by atoms with Crippen LogP contribution in [0.25, 0.3) is 0 Å². The molecule has 1 aliphatic rings. The zero-order valence-corrected chi connectivity index (χ0v) is 13.2. The number of hydrogen-bond acceptors (Lipinski definition) is 4. The largest absolute Gasteiger partial charge is 0.381 e. The quantitative estimate of drug-likeness (QED) is 0.776. The van der Waals surface area contributed by atoms with Crippen molar-refractivity contribution in [3.05, 3.63) is 24.3 Å². The Morgan fingerprint density at radius 1 is 1.25 bits per heavy atom. The topological polar surface area (TPSA) is 70.2 Å². The number of rotatable bonds is 5. The molecule has 3 N–H and O–H groups in total. The van der Waals surface area contributed by atoms with Crippen molar-refractivity contribution >= 4 is 33.8 Å². The predicted molar refractivity (Wildman–Crippen MR) is 86.3 cm³/mol. The Bertz CT molecular complexity index is 499. The van der Waals surface area contributed by atoms with Gasteiger partial charge in [-0.05, 0) is 50.6 Å². The second-order valence-corrected chi connectivity index (χ2v) is 6.78. The minimum absolute atomic E-state index is 0. The molecule has 0 radical (unpaired) electrons. The van der Waals surface area contributed by atoms with Crippen LogP contribution < -0.4 is 15.4 Å². The van der Waals surface area contributed by atoms with Gasteiger partial charge in [0.05, 0.1) is 5.75 Å². The maximum Gasteiger partial charge on any atom is 0.232 e. The molecule has 1 aromatic rings. The van der Waals surface area contributed by atoms with Crippen LogP contribution in [0, 0.1) is 0 Å². The van der Waals surface area contributed by atoms with Crippen LogP contribution in [0.15, 0.2) is 24.3 Å². The molecule has 1 aromatic carbocycles.